The van der Waals surface area contributed by atoms with Crippen LogP contribution >= 0.6 is 0 Å². The Bertz CT molecular complexity index is 269. The van der Waals surface area contributed by atoms with Crippen LogP contribution in [-0.2, 0) is 0 Å². The highest BCUT2D eigenvalue weighted by molar-refractivity contribution is 5.44. The lowest BCUT2D eigenvalue weighted by Crippen LogP contribution is -2.17. The van der Waals surface area contributed by atoms with E-state index < -0.39 is 0 Å². The molecule has 0 amide bonds. The fourth-order valence-corrected chi connectivity index (χ4v) is 1.55. The van der Waals surface area contributed by atoms with Gasteiger partial charge in [-0.3, -0.25) is 4.98 Å². The molecule has 64 valence electrons. The zero-order valence-electron chi connectivity index (χ0n) is 6.83. The highest BCUT2D eigenvalue weighted by Crippen LogP contribution is 2.19. The summed E-state index contributed by atoms with van der Waals surface area (Å²) >= 11 is 0. The van der Waals surface area contributed by atoms with Crippen molar-refractivity contribution < 1.29 is 4.39 Å². The van der Waals surface area contributed by atoms with Crippen molar-refractivity contribution in [1.82, 2.24) is 4.98 Å². The van der Waals surface area contributed by atoms with Crippen molar-refractivity contribution >= 4 is 5.69 Å². The Balaban J connectivity index is 2.21. The Morgan fingerprint density at radius 2 is 2.00 bits per heavy atom. The summed E-state index contributed by atoms with van der Waals surface area (Å²) in [5.74, 6) is -0.251. The van der Waals surface area contributed by atoms with Gasteiger partial charge in [-0.05, 0) is 12.8 Å². The molecule has 0 saturated carbocycles. The van der Waals surface area contributed by atoms with E-state index in [2.05, 4.69) is 9.88 Å². The molecule has 1 aromatic heterocycles. The summed E-state index contributed by atoms with van der Waals surface area (Å²) in [6, 6.07) is 1.54. The molecular formula is C9H11FN2. The molecule has 0 aliphatic carbocycles. The van der Waals surface area contributed by atoms with Crippen LogP contribution in [0, 0.1) is 5.82 Å². The zero-order chi connectivity index (χ0) is 8.39. The van der Waals surface area contributed by atoms with Crippen molar-refractivity contribution in [2.75, 3.05) is 18.0 Å². The molecule has 1 aliphatic heterocycles. The summed E-state index contributed by atoms with van der Waals surface area (Å²) in [5, 5.41) is 0. The minimum absolute atomic E-state index is 0.251. The normalized spacial score (nSPS) is 16.9. The maximum absolute atomic E-state index is 12.7. The third kappa shape index (κ3) is 1.40. The first-order valence-electron chi connectivity index (χ1n) is 4.22. The fourth-order valence-electron chi connectivity index (χ4n) is 1.55. The molecule has 0 atom stereocenters. The van der Waals surface area contributed by atoms with Gasteiger partial charge in [0.15, 0.2) is 0 Å². The molecule has 0 N–H and O–H groups in total. The summed E-state index contributed by atoms with van der Waals surface area (Å²) in [6.07, 6.45) is 5.36. The van der Waals surface area contributed by atoms with Crippen molar-refractivity contribution in [3.05, 3.63) is 24.3 Å². The highest BCUT2D eigenvalue weighted by atomic mass is 19.1. The zero-order valence-corrected chi connectivity index (χ0v) is 6.83. The van der Waals surface area contributed by atoms with Crippen molar-refractivity contribution in [2.24, 2.45) is 0 Å². The first kappa shape index (κ1) is 7.53. The van der Waals surface area contributed by atoms with Crippen LogP contribution in [0.4, 0.5) is 10.1 Å². The van der Waals surface area contributed by atoms with Gasteiger partial charge in [0.2, 0.25) is 0 Å². The van der Waals surface area contributed by atoms with Gasteiger partial charge in [-0.15, -0.1) is 0 Å². The summed E-state index contributed by atoms with van der Waals surface area (Å²) in [4.78, 5) is 5.97. The van der Waals surface area contributed by atoms with Crippen LogP contribution in [0.5, 0.6) is 0 Å². The Kier molecular flexibility index (Phi) is 1.94. The number of pyridine rings is 1. The third-order valence-corrected chi connectivity index (χ3v) is 2.16. The molecule has 3 heteroatoms. The topological polar surface area (TPSA) is 16.1 Å². The van der Waals surface area contributed by atoms with Crippen LogP contribution in [0.25, 0.3) is 0 Å². The van der Waals surface area contributed by atoms with E-state index in [1.54, 1.807) is 12.3 Å². The molecule has 0 spiro atoms. The lowest BCUT2D eigenvalue weighted by Gasteiger charge is -2.16. The van der Waals surface area contributed by atoms with E-state index in [4.69, 9.17) is 0 Å². The summed E-state index contributed by atoms with van der Waals surface area (Å²) < 4.78 is 12.7. The van der Waals surface area contributed by atoms with Crippen LogP contribution in [0.2, 0.25) is 0 Å². The Morgan fingerprint density at radius 1 is 1.25 bits per heavy atom. The smallest absolute Gasteiger partial charge is 0.143 e. The number of hydrogen-bond donors (Lipinski definition) is 0. The average molecular weight is 166 g/mol. The Morgan fingerprint density at radius 3 is 2.67 bits per heavy atom. The highest BCUT2D eigenvalue weighted by Gasteiger charge is 2.12. The van der Waals surface area contributed by atoms with Crippen molar-refractivity contribution in [1.29, 1.82) is 0 Å². The van der Waals surface area contributed by atoms with Crippen molar-refractivity contribution in [2.45, 2.75) is 12.8 Å². The van der Waals surface area contributed by atoms with Crippen LogP contribution in [-0.4, -0.2) is 18.1 Å². The van der Waals surface area contributed by atoms with E-state index in [9.17, 15) is 4.39 Å². The van der Waals surface area contributed by atoms with Gasteiger partial charge in [-0.1, -0.05) is 0 Å². The second-order valence-corrected chi connectivity index (χ2v) is 3.06. The molecule has 2 nitrogen and oxygen atoms in total. The number of halogens is 1. The predicted molar refractivity (Wildman–Crippen MR) is 45.6 cm³/mol. The first-order chi connectivity index (χ1) is 5.86. The lowest BCUT2D eigenvalue weighted by molar-refractivity contribution is 0.620. The third-order valence-electron chi connectivity index (χ3n) is 2.16. The van der Waals surface area contributed by atoms with Gasteiger partial charge in [0.05, 0.1) is 18.1 Å². The largest absolute Gasteiger partial charge is 0.370 e. The molecular weight excluding hydrogens is 155 g/mol. The standard InChI is InChI=1S/C9H11FN2/c10-8-5-9(7-11-6-8)12-3-1-2-4-12/h5-7H,1-4H2. The van der Waals surface area contributed by atoms with E-state index in [1.807, 2.05) is 0 Å². The minimum atomic E-state index is -0.251. The number of rotatable bonds is 1. The quantitative estimate of drug-likeness (QED) is 0.632. The average Bonchev–Trinajstić information content (AvgIpc) is 2.56. The molecule has 0 radical (unpaired) electrons. The van der Waals surface area contributed by atoms with Crippen LogP contribution in [0.1, 0.15) is 12.8 Å². The maximum Gasteiger partial charge on any atom is 0.143 e. The van der Waals surface area contributed by atoms with Gasteiger partial charge in [0, 0.05) is 19.2 Å². The Hall–Kier alpha value is -1.12. The molecule has 0 aromatic carbocycles. The second kappa shape index (κ2) is 3.09. The van der Waals surface area contributed by atoms with E-state index in [1.165, 1.54) is 19.0 Å². The fraction of sp³-hybridized carbons (Fsp3) is 0.444. The Labute approximate surface area is 71.0 Å². The summed E-state index contributed by atoms with van der Waals surface area (Å²) in [5.41, 5.74) is 0.910. The van der Waals surface area contributed by atoms with Crippen molar-refractivity contribution in [3.63, 3.8) is 0 Å². The van der Waals surface area contributed by atoms with E-state index in [-0.39, 0.29) is 5.82 Å². The molecule has 2 rings (SSSR count). The second-order valence-electron chi connectivity index (χ2n) is 3.06. The SMILES string of the molecule is Fc1cncc(N2CCCC2)c1. The minimum Gasteiger partial charge on any atom is -0.370 e. The molecule has 0 bridgehead atoms. The predicted octanol–water partition coefficient (Wildman–Crippen LogP) is 1.82. The maximum atomic E-state index is 12.7. The van der Waals surface area contributed by atoms with Gasteiger partial charge in [0.1, 0.15) is 5.82 Å². The van der Waals surface area contributed by atoms with Gasteiger partial charge in [-0.2, -0.15) is 0 Å². The number of hydrogen-bond acceptors (Lipinski definition) is 2. The van der Waals surface area contributed by atoms with Gasteiger partial charge >= 0.3 is 0 Å². The van der Waals surface area contributed by atoms with Crippen LogP contribution in [0.3, 0.4) is 0 Å². The van der Waals surface area contributed by atoms with Crippen molar-refractivity contribution in [3.8, 4) is 0 Å². The van der Waals surface area contributed by atoms with E-state index >= 15 is 0 Å². The molecule has 1 aromatic rings. The molecule has 1 aliphatic rings. The van der Waals surface area contributed by atoms with Crippen LogP contribution < -0.4 is 4.90 Å². The van der Waals surface area contributed by atoms with Gasteiger partial charge < -0.3 is 4.90 Å². The number of nitrogens with zero attached hydrogens (tertiary/aromatic N) is 2. The molecule has 1 fully saturated rings. The molecule has 1 saturated heterocycles. The van der Waals surface area contributed by atoms with E-state index in [0.29, 0.717) is 0 Å². The van der Waals surface area contributed by atoms with Gasteiger partial charge in [0.25, 0.3) is 0 Å². The summed E-state index contributed by atoms with van der Waals surface area (Å²) in [7, 11) is 0. The monoisotopic (exact) mass is 166 g/mol. The molecule has 0 unspecified atom stereocenters. The molecule has 2 heterocycles. The molecule has 12 heavy (non-hydrogen) atoms. The summed E-state index contributed by atoms with van der Waals surface area (Å²) in [6.45, 7) is 2.07. The lowest BCUT2D eigenvalue weighted by atomic mass is 10.4. The number of anilines is 1. The van der Waals surface area contributed by atoms with Gasteiger partial charge in [-0.25, -0.2) is 4.39 Å². The number of aromatic nitrogens is 1. The van der Waals surface area contributed by atoms with E-state index in [0.717, 1.165) is 18.8 Å². The first-order valence-corrected chi connectivity index (χ1v) is 4.22. The van der Waals surface area contributed by atoms with Crippen LogP contribution in [0.15, 0.2) is 18.5 Å².